The normalized spacial score (nSPS) is 38.6. The lowest BCUT2D eigenvalue weighted by atomic mass is 9.78. The topological polar surface area (TPSA) is 84.5 Å². The van der Waals surface area contributed by atoms with Crippen molar-refractivity contribution < 1.29 is 5.11 Å². The van der Waals surface area contributed by atoms with Gasteiger partial charge in [-0.3, -0.25) is 30.6 Å². The second-order valence-electron chi connectivity index (χ2n) is 14.1. The molecule has 4 fully saturated rings. The van der Waals surface area contributed by atoms with Crippen molar-refractivity contribution in [2.75, 3.05) is 13.1 Å². The lowest BCUT2D eigenvalue weighted by Gasteiger charge is -2.50. The number of hydrogen-bond acceptors (Lipinski definition) is 8. The molecule has 214 valence electrons. The fourth-order valence-corrected chi connectivity index (χ4v) is 8.41. The molecular weight excluding hydrogens is 492 g/mol. The lowest BCUT2D eigenvalue weighted by Crippen LogP contribution is -2.63. The van der Waals surface area contributed by atoms with Crippen molar-refractivity contribution in [2.45, 2.75) is 128 Å². The van der Waals surface area contributed by atoms with Gasteiger partial charge in [-0.1, -0.05) is 38.8 Å². The highest BCUT2D eigenvalue weighted by atomic mass is 32.2. The van der Waals surface area contributed by atoms with E-state index in [9.17, 15) is 5.11 Å². The van der Waals surface area contributed by atoms with Crippen LogP contribution in [-0.2, 0) is 6.61 Å². The number of aromatic nitrogens is 1. The number of piperidine rings is 2. The Morgan fingerprint density at radius 3 is 2.63 bits per heavy atom. The van der Waals surface area contributed by atoms with Crippen LogP contribution in [0.15, 0.2) is 18.3 Å². The Bertz CT molecular complexity index is 905. The van der Waals surface area contributed by atoms with Crippen LogP contribution in [0, 0.1) is 17.3 Å². The quantitative estimate of drug-likeness (QED) is 0.348. The minimum Gasteiger partial charge on any atom is -0.392 e. The van der Waals surface area contributed by atoms with Gasteiger partial charge >= 0.3 is 0 Å². The number of nitrogens with one attached hydrogen (secondary N) is 4. The fraction of sp³-hybridized carbons (Fsp3) is 0.833. The van der Waals surface area contributed by atoms with E-state index in [4.69, 9.17) is 4.98 Å². The number of fused-ring (bicyclic) bond motifs is 6. The fourth-order valence-electron chi connectivity index (χ4n) is 7.38. The molecule has 0 saturated carbocycles. The molecule has 1 aromatic heterocycles. The molecule has 5 heterocycles. The summed E-state index contributed by atoms with van der Waals surface area (Å²) in [5.74, 6) is 1.30. The Labute approximate surface area is 235 Å². The van der Waals surface area contributed by atoms with Crippen molar-refractivity contribution in [1.29, 1.82) is 0 Å². The van der Waals surface area contributed by atoms with Gasteiger partial charge in [-0.05, 0) is 88.2 Å². The highest BCUT2D eigenvalue weighted by molar-refractivity contribution is 7.98. The Morgan fingerprint density at radius 1 is 1.05 bits per heavy atom. The van der Waals surface area contributed by atoms with E-state index in [1.54, 1.807) is 0 Å². The number of rotatable bonds is 2. The molecule has 4 aliphatic rings. The summed E-state index contributed by atoms with van der Waals surface area (Å²) < 4.78 is 3.83. The average Bonchev–Trinajstić information content (AvgIpc) is 3.19. The third-order valence-electron chi connectivity index (χ3n) is 9.62. The van der Waals surface area contributed by atoms with Gasteiger partial charge in [0.25, 0.3) is 0 Å². The molecule has 0 aromatic carbocycles. The third kappa shape index (κ3) is 6.76. The standard InChI is InChI=1S/C30H52N6OS/c1-29(2,3)25-14-11-22-17-32-38-27-8-6-7-26(35-27)33-24(23-12-10-21(19-37)16-31-23)13-9-20-15-30(4,5)36(18-20)28(22)34-25/h10,12,16,20,22,24-28,32-35,37H,6-9,11,13-15,17-19H2,1-5H3/t20-,22?,24?,25?,26?,27?,28?/m0/s1. The Kier molecular flexibility index (Phi) is 9.10. The Balaban J connectivity index is 1.39. The second kappa shape index (κ2) is 12.0. The van der Waals surface area contributed by atoms with Crippen LogP contribution in [0.5, 0.6) is 0 Å². The molecule has 38 heavy (non-hydrogen) atoms. The summed E-state index contributed by atoms with van der Waals surface area (Å²) >= 11 is 1.90. The number of nitrogens with zero attached hydrogens (tertiary/aromatic N) is 2. The first-order valence-electron chi connectivity index (χ1n) is 15.1. The second-order valence-corrected chi connectivity index (χ2v) is 15.1. The van der Waals surface area contributed by atoms with Gasteiger partial charge in [0.15, 0.2) is 0 Å². The molecule has 8 heteroatoms. The smallest absolute Gasteiger partial charge is 0.0696 e. The maximum absolute atomic E-state index is 9.52. The first kappa shape index (κ1) is 28.8. The van der Waals surface area contributed by atoms with Crippen molar-refractivity contribution in [2.24, 2.45) is 17.3 Å². The largest absolute Gasteiger partial charge is 0.392 e. The van der Waals surface area contributed by atoms with Crippen LogP contribution in [-0.4, -0.2) is 57.4 Å². The molecule has 0 radical (unpaired) electrons. The number of aliphatic hydroxyl groups excluding tert-OH is 1. The molecule has 7 nitrogen and oxygen atoms in total. The predicted molar refractivity (Wildman–Crippen MR) is 157 cm³/mol. The van der Waals surface area contributed by atoms with Gasteiger partial charge in [0.1, 0.15) is 0 Å². The maximum atomic E-state index is 9.52. The molecule has 5 rings (SSSR count). The number of pyridine rings is 1. The number of hydrogen-bond donors (Lipinski definition) is 5. The molecule has 0 spiro atoms. The average molecular weight is 545 g/mol. The molecule has 8 atom stereocenters. The van der Waals surface area contributed by atoms with Crippen molar-refractivity contribution in [3.63, 3.8) is 0 Å². The summed E-state index contributed by atoms with van der Waals surface area (Å²) in [6.45, 7) is 14.4. The van der Waals surface area contributed by atoms with E-state index in [0.717, 1.165) is 30.6 Å². The van der Waals surface area contributed by atoms with E-state index >= 15 is 0 Å². The van der Waals surface area contributed by atoms with Crippen molar-refractivity contribution in [1.82, 2.24) is 30.6 Å². The summed E-state index contributed by atoms with van der Waals surface area (Å²) in [4.78, 5) is 7.62. The van der Waals surface area contributed by atoms with E-state index in [0.29, 0.717) is 35.6 Å². The van der Waals surface area contributed by atoms with Gasteiger partial charge in [0, 0.05) is 36.8 Å². The first-order chi connectivity index (χ1) is 18.1. The van der Waals surface area contributed by atoms with Gasteiger partial charge in [-0.25, -0.2) is 0 Å². The van der Waals surface area contributed by atoms with Gasteiger partial charge in [0.2, 0.25) is 0 Å². The summed E-state index contributed by atoms with van der Waals surface area (Å²) in [5, 5.41) is 22.0. The van der Waals surface area contributed by atoms with Crippen molar-refractivity contribution in [3.05, 3.63) is 29.6 Å². The number of aliphatic hydroxyl groups is 1. The zero-order valence-electron chi connectivity index (χ0n) is 24.3. The summed E-state index contributed by atoms with van der Waals surface area (Å²) in [5.41, 5.74) is 2.43. The molecule has 4 saturated heterocycles. The maximum Gasteiger partial charge on any atom is 0.0696 e. The highest BCUT2D eigenvalue weighted by Crippen LogP contribution is 2.41. The van der Waals surface area contributed by atoms with E-state index < -0.39 is 0 Å². The van der Waals surface area contributed by atoms with Crippen LogP contribution in [0.3, 0.4) is 0 Å². The third-order valence-corrected chi connectivity index (χ3v) is 10.6. The molecule has 0 aliphatic carbocycles. The van der Waals surface area contributed by atoms with E-state index in [-0.39, 0.29) is 23.6 Å². The molecular formula is C30H52N6OS. The molecule has 5 N–H and O–H groups in total. The molecule has 1 aromatic rings. The highest BCUT2D eigenvalue weighted by Gasteiger charge is 2.47. The molecule has 7 unspecified atom stereocenters. The van der Waals surface area contributed by atoms with Crippen LogP contribution in [0.2, 0.25) is 0 Å². The zero-order chi connectivity index (χ0) is 26.9. The molecule has 4 bridgehead atoms. The van der Waals surface area contributed by atoms with Gasteiger partial charge < -0.3 is 5.11 Å². The van der Waals surface area contributed by atoms with Gasteiger partial charge in [0.05, 0.1) is 36.0 Å². The minimum absolute atomic E-state index is 0.0424. The monoisotopic (exact) mass is 544 g/mol. The minimum atomic E-state index is 0.0424. The predicted octanol–water partition coefficient (Wildman–Crippen LogP) is 4.50. The Hall–Kier alpha value is -0.740. The van der Waals surface area contributed by atoms with Crippen molar-refractivity contribution in [3.8, 4) is 0 Å². The molecule has 4 aliphatic heterocycles. The van der Waals surface area contributed by atoms with E-state index in [1.807, 2.05) is 24.2 Å². The summed E-state index contributed by atoms with van der Waals surface area (Å²) in [7, 11) is 0. The van der Waals surface area contributed by atoms with Crippen LogP contribution in [0.1, 0.15) is 103 Å². The van der Waals surface area contributed by atoms with Gasteiger partial charge in [-0.2, -0.15) is 0 Å². The molecule has 0 amide bonds. The SMILES string of the molecule is CC(C)(C)C1CCC2CNSC3CCCC(N3)NC(c3ccc(CO)cn3)CC[C@@H]3CN(C2N1)C(C)(C)C3. The zero-order valence-corrected chi connectivity index (χ0v) is 25.1. The van der Waals surface area contributed by atoms with Gasteiger partial charge in [-0.15, -0.1) is 0 Å². The van der Waals surface area contributed by atoms with E-state index in [1.165, 1.54) is 45.1 Å². The van der Waals surface area contributed by atoms with Crippen LogP contribution < -0.4 is 20.7 Å². The van der Waals surface area contributed by atoms with Crippen LogP contribution in [0.25, 0.3) is 0 Å². The lowest BCUT2D eigenvalue weighted by molar-refractivity contribution is 0.00552. The van der Waals surface area contributed by atoms with E-state index in [2.05, 4.69) is 66.3 Å². The van der Waals surface area contributed by atoms with Crippen LogP contribution >= 0.6 is 11.9 Å². The van der Waals surface area contributed by atoms with Crippen molar-refractivity contribution >= 4 is 11.9 Å². The summed E-state index contributed by atoms with van der Waals surface area (Å²) in [6.07, 6.45) is 12.2. The van der Waals surface area contributed by atoms with Crippen LogP contribution in [0.4, 0.5) is 0 Å². The summed E-state index contributed by atoms with van der Waals surface area (Å²) in [6, 6.07) is 4.90. The Morgan fingerprint density at radius 2 is 1.89 bits per heavy atom. The first-order valence-corrected chi connectivity index (χ1v) is 16.0.